The number of nitrogens with zero attached hydrogens (tertiary/aromatic N) is 2. The van der Waals surface area contributed by atoms with E-state index < -0.39 is 0 Å². The Labute approximate surface area is 202 Å². The molecule has 5 nitrogen and oxygen atoms in total. The average Bonchev–Trinajstić information content (AvgIpc) is 3.18. The van der Waals surface area contributed by atoms with Crippen molar-refractivity contribution in [3.63, 3.8) is 0 Å². The molecule has 0 fully saturated rings. The summed E-state index contributed by atoms with van der Waals surface area (Å²) in [5.41, 5.74) is 3.84. The van der Waals surface area contributed by atoms with Crippen molar-refractivity contribution in [2.45, 2.75) is 39.3 Å². The van der Waals surface area contributed by atoms with E-state index in [9.17, 15) is 4.79 Å². The van der Waals surface area contributed by atoms with Gasteiger partial charge in [-0.15, -0.1) is 0 Å². The van der Waals surface area contributed by atoms with Gasteiger partial charge in [0, 0.05) is 16.6 Å². The van der Waals surface area contributed by atoms with Crippen molar-refractivity contribution in [1.29, 1.82) is 0 Å². The summed E-state index contributed by atoms with van der Waals surface area (Å²) in [5, 5.41) is 3.00. The van der Waals surface area contributed by atoms with Crippen LogP contribution in [0, 0.1) is 0 Å². The molecule has 3 aromatic carbocycles. The molecule has 0 radical (unpaired) electrons. The molecule has 4 aromatic rings. The van der Waals surface area contributed by atoms with Crippen molar-refractivity contribution in [2.24, 2.45) is 0 Å². The van der Waals surface area contributed by atoms with Crippen molar-refractivity contribution in [3.05, 3.63) is 94.2 Å². The topological polar surface area (TPSA) is 56.1 Å². The van der Waals surface area contributed by atoms with Crippen LogP contribution in [-0.4, -0.2) is 22.1 Å². The molecule has 0 unspecified atom stereocenters. The summed E-state index contributed by atoms with van der Waals surface area (Å²) >= 11 is 3.40. The lowest BCUT2D eigenvalue weighted by molar-refractivity contribution is 0.0949. The Morgan fingerprint density at radius 1 is 1.03 bits per heavy atom. The Bertz CT molecular complexity index is 1230. The molecule has 0 aliphatic rings. The van der Waals surface area contributed by atoms with E-state index in [1.165, 1.54) is 5.56 Å². The van der Waals surface area contributed by atoms with Gasteiger partial charge in [-0.2, -0.15) is 0 Å². The largest absolute Gasteiger partial charge is 0.493 e. The zero-order chi connectivity index (χ0) is 23.2. The number of hydrogen-bond acceptors (Lipinski definition) is 3. The third-order valence-electron chi connectivity index (χ3n) is 5.57. The normalized spacial score (nSPS) is 11.2. The number of para-hydroxylation sites is 3. The predicted molar refractivity (Wildman–Crippen MR) is 136 cm³/mol. The molecule has 0 aliphatic heterocycles. The van der Waals surface area contributed by atoms with Crippen LogP contribution in [0.5, 0.6) is 5.75 Å². The third kappa shape index (κ3) is 5.63. The summed E-state index contributed by atoms with van der Waals surface area (Å²) < 4.78 is 9.23. The van der Waals surface area contributed by atoms with E-state index in [1.54, 1.807) is 12.1 Å². The van der Waals surface area contributed by atoms with Gasteiger partial charge in [0.15, 0.2) is 0 Å². The first kappa shape index (κ1) is 23.1. The van der Waals surface area contributed by atoms with Crippen LogP contribution in [0.2, 0.25) is 0 Å². The number of amides is 1. The smallest absolute Gasteiger partial charge is 0.251 e. The maximum absolute atomic E-state index is 12.6. The van der Waals surface area contributed by atoms with Crippen molar-refractivity contribution < 1.29 is 9.53 Å². The van der Waals surface area contributed by atoms with E-state index in [0.29, 0.717) is 24.6 Å². The van der Waals surface area contributed by atoms with Crippen molar-refractivity contribution in [3.8, 4) is 5.75 Å². The summed E-state index contributed by atoms with van der Waals surface area (Å²) in [4.78, 5) is 17.3. The summed E-state index contributed by atoms with van der Waals surface area (Å²) in [7, 11) is 0. The number of aromatic nitrogens is 2. The van der Waals surface area contributed by atoms with Gasteiger partial charge in [0.1, 0.15) is 11.6 Å². The molecule has 4 rings (SSSR count). The highest BCUT2D eigenvalue weighted by Crippen LogP contribution is 2.26. The van der Waals surface area contributed by atoms with Gasteiger partial charge in [0.05, 0.1) is 24.2 Å². The van der Waals surface area contributed by atoms with Crippen molar-refractivity contribution >= 4 is 32.9 Å². The number of aryl methyl sites for hydroxylation is 1. The lowest BCUT2D eigenvalue weighted by Crippen LogP contribution is -2.25. The molecule has 170 valence electrons. The van der Waals surface area contributed by atoms with Gasteiger partial charge in [0.25, 0.3) is 5.91 Å². The molecule has 0 atom stereocenters. The molecule has 1 aromatic heterocycles. The number of halogens is 1. The van der Waals surface area contributed by atoms with Gasteiger partial charge in [0.2, 0.25) is 0 Å². The van der Waals surface area contributed by atoms with Crippen LogP contribution in [-0.2, 0) is 13.1 Å². The minimum Gasteiger partial charge on any atom is -0.493 e. The van der Waals surface area contributed by atoms with Crippen LogP contribution in [0.3, 0.4) is 0 Å². The van der Waals surface area contributed by atoms with Gasteiger partial charge >= 0.3 is 0 Å². The van der Waals surface area contributed by atoms with Crippen LogP contribution < -0.4 is 10.1 Å². The lowest BCUT2D eigenvalue weighted by atomic mass is 10.0. The van der Waals surface area contributed by atoms with Gasteiger partial charge < -0.3 is 14.6 Å². The molecule has 0 bridgehead atoms. The van der Waals surface area contributed by atoms with Crippen LogP contribution in [0.15, 0.2) is 77.3 Å². The number of fused-ring (bicyclic) bond motifs is 1. The number of ether oxygens (including phenoxy) is 1. The molecule has 0 aliphatic carbocycles. The minimum absolute atomic E-state index is 0.116. The fourth-order valence-corrected chi connectivity index (χ4v) is 4.13. The highest BCUT2D eigenvalue weighted by Gasteiger charge is 2.13. The standard InChI is InChI=1S/C27H28BrN3O2/c1-19(2)22-8-3-6-11-25(22)33-17-7-16-31-24-10-5-4-9-23(24)30-26(31)18-29-27(32)20-12-14-21(28)15-13-20/h3-6,8-15,19H,7,16-18H2,1-2H3,(H,29,32). The summed E-state index contributed by atoms with van der Waals surface area (Å²) in [5.74, 6) is 2.09. The maximum Gasteiger partial charge on any atom is 0.251 e. The van der Waals surface area contributed by atoms with Crippen LogP contribution in [0.25, 0.3) is 11.0 Å². The summed E-state index contributed by atoms with van der Waals surface area (Å²) in [6, 6.07) is 23.6. The highest BCUT2D eigenvalue weighted by molar-refractivity contribution is 9.10. The van der Waals surface area contributed by atoms with E-state index in [1.807, 2.05) is 42.5 Å². The maximum atomic E-state index is 12.6. The number of rotatable bonds is 9. The zero-order valence-electron chi connectivity index (χ0n) is 18.9. The van der Waals surface area contributed by atoms with E-state index in [2.05, 4.69) is 57.9 Å². The molecule has 1 N–H and O–H groups in total. The summed E-state index contributed by atoms with van der Waals surface area (Å²) in [6.45, 7) is 6.08. The number of carbonyl (C=O) groups is 1. The highest BCUT2D eigenvalue weighted by atomic mass is 79.9. The number of nitrogens with one attached hydrogen (secondary N) is 1. The first-order chi connectivity index (χ1) is 16.0. The number of benzene rings is 3. The zero-order valence-corrected chi connectivity index (χ0v) is 20.5. The second-order valence-corrected chi connectivity index (χ2v) is 9.17. The quantitative estimate of drug-likeness (QED) is 0.270. The molecule has 1 amide bonds. The first-order valence-corrected chi connectivity index (χ1v) is 12.0. The second kappa shape index (κ2) is 10.7. The van der Waals surface area contributed by atoms with E-state index >= 15 is 0 Å². The van der Waals surface area contributed by atoms with E-state index in [0.717, 1.165) is 40.0 Å². The fraction of sp³-hybridized carbons (Fsp3) is 0.259. The van der Waals surface area contributed by atoms with Gasteiger partial charge in [-0.05, 0) is 60.4 Å². The van der Waals surface area contributed by atoms with Gasteiger partial charge in [-0.1, -0.05) is 60.1 Å². The Morgan fingerprint density at radius 3 is 2.55 bits per heavy atom. The molecule has 0 saturated heterocycles. The molecule has 0 saturated carbocycles. The molecular weight excluding hydrogens is 478 g/mol. The Balaban J connectivity index is 1.43. The SMILES string of the molecule is CC(C)c1ccccc1OCCCn1c(CNC(=O)c2ccc(Br)cc2)nc2ccccc21. The number of imidazole rings is 1. The monoisotopic (exact) mass is 505 g/mol. The van der Waals surface area contributed by atoms with E-state index in [4.69, 9.17) is 9.72 Å². The van der Waals surface area contributed by atoms with Gasteiger partial charge in [-0.25, -0.2) is 4.98 Å². The minimum atomic E-state index is -0.116. The Kier molecular flexibility index (Phi) is 7.45. The lowest BCUT2D eigenvalue weighted by Gasteiger charge is -2.15. The molecule has 6 heteroatoms. The average molecular weight is 506 g/mol. The first-order valence-electron chi connectivity index (χ1n) is 11.2. The molecular formula is C27H28BrN3O2. The Morgan fingerprint density at radius 2 is 1.76 bits per heavy atom. The van der Waals surface area contributed by atoms with Crippen LogP contribution in [0.4, 0.5) is 0 Å². The predicted octanol–water partition coefficient (Wildman–Crippen LogP) is 6.32. The molecule has 33 heavy (non-hydrogen) atoms. The molecule has 0 spiro atoms. The summed E-state index contributed by atoms with van der Waals surface area (Å²) in [6.07, 6.45) is 0.834. The number of carbonyl (C=O) groups excluding carboxylic acids is 1. The van der Waals surface area contributed by atoms with Gasteiger partial charge in [-0.3, -0.25) is 4.79 Å². The molecule has 1 heterocycles. The van der Waals surface area contributed by atoms with Crippen molar-refractivity contribution in [2.75, 3.05) is 6.61 Å². The number of hydrogen-bond donors (Lipinski definition) is 1. The Hall–Kier alpha value is -3.12. The fourth-order valence-electron chi connectivity index (χ4n) is 3.87. The van der Waals surface area contributed by atoms with Crippen LogP contribution >= 0.6 is 15.9 Å². The van der Waals surface area contributed by atoms with Crippen LogP contribution in [0.1, 0.15) is 47.9 Å². The van der Waals surface area contributed by atoms with Crippen molar-refractivity contribution in [1.82, 2.24) is 14.9 Å². The van der Waals surface area contributed by atoms with E-state index in [-0.39, 0.29) is 5.91 Å². The third-order valence-corrected chi connectivity index (χ3v) is 6.10. The second-order valence-electron chi connectivity index (χ2n) is 8.25.